The van der Waals surface area contributed by atoms with Crippen LogP contribution in [0.1, 0.15) is 0 Å². The van der Waals surface area contributed by atoms with Crippen molar-refractivity contribution >= 4 is 65.6 Å². The largest absolute Gasteiger partial charge is 0.456 e. The average molecular weight is 881 g/mol. The summed E-state index contributed by atoms with van der Waals surface area (Å²) in [4.78, 5) is 10.7. The second-order valence-corrected chi connectivity index (χ2v) is 17.7. The predicted molar refractivity (Wildman–Crippen MR) is 285 cm³/mol. The summed E-state index contributed by atoms with van der Waals surface area (Å²) in [7, 11) is 0. The Labute approximate surface area is 397 Å². The molecule has 69 heavy (non-hydrogen) atoms. The lowest BCUT2D eigenvalue weighted by molar-refractivity contribution is 0.669. The average Bonchev–Trinajstić information content (AvgIpc) is 4.09. The van der Waals surface area contributed by atoms with Gasteiger partial charge in [0, 0.05) is 60.4 Å². The Bertz CT molecular complexity index is 4120. The van der Waals surface area contributed by atoms with Gasteiger partial charge in [-0.1, -0.05) is 146 Å². The van der Waals surface area contributed by atoms with E-state index < -0.39 is 0 Å². The van der Waals surface area contributed by atoms with E-state index in [1.165, 1.54) is 32.6 Å². The lowest BCUT2D eigenvalue weighted by atomic mass is 9.93. The smallest absolute Gasteiger partial charge is 0.160 e. The van der Waals surface area contributed by atoms with Crippen molar-refractivity contribution in [3.63, 3.8) is 0 Å². The highest BCUT2D eigenvalue weighted by atomic mass is 16.3. The van der Waals surface area contributed by atoms with Crippen LogP contribution in [0.2, 0.25) is 0 Å². The molecule has 0 bridgehead atoms. The highest BCUT2D eigenvalue weighted by Crippen LogP contribution is 2.42. The summed E-state index contributed by atoms with van der Waals surface area (Å²) in [6, 6.07) is 86.4. The molecule has 0 radical (unpaired) electrons. The molecule has 0 saturated carbocycles. The first-order valence-corrected chi connectivity index (χ1v) is 23.4. The molecule has 0 atom stereocenters. The third-order valence-electron chi connectivity index (χ3n) is 13.7. The second kappa shape index (κ2) is 15.7. The fourth-order valence-corrected chi connectivity index (χ4v) is 10.6. The van der Waals surface area contributed by atoms with E-state index in [1.54, 1.807) is 0 Å². The van der Waals surface area contributed by atoms with Crippen LogP contribution in [-0.2, 0) is 0 Å². The minimum absolute atomic E-state index is 0.658. The lowest BCUT2D eigenvalue weighted by Gasteiger charge is -2.14. The van der Waals surface area contributed by atoms with Crippen molar-refractivity contribution in [3.05, 3.63) is 243 Å². The summed E-state index contributed by atoms with van der Waals surface area (Å²) in [5.74, 6) is 0.658. The molecule has 0 fully saturated rings. The first-order chi connectivity index (χ1) is 34.2. The molecule has 0 spiro atoms. The molecule has 0 aliphatic heterocycles. The normalized spacial score (nSPS) is 11.8. The Balaban J connectivity index is 1.02. The van der Waals surface area contributed by atoms with E-state index in [1.807, 2.05) is 36.4 Å². The summed E-state index contributed by atoms with van der Waals surface area (Å²) < 4.78 is 11.1. The summed E-state index contributed by atoms with van der Waals surface area (Å²) in [5, 5.41) is 6.92. The molecule has 0 saturated heterocycles. The van der Waals surface area contributed by atoms with Gasteiger partial charge in [0.25, 0.3) is 0 Å². The molecule has 10 aromatic carbocycles. The zero-order chi connectivity index (χ0) is 45.4. The molecule has 0 aliphatic rings. The molecular formula is C64H40N4O. The monoisotopic (exact) mass is 880 g/mol. The van der Waals surface area contributed by atoms with Gasteiger partial charge in [0.1, 0.15) is 11.2 Å². The molecular weight excluding hydrogens is 841 g/mol. The van der Waals surface area contributed by atoms with Gasteiger partial charge < -0.3 is 13.6 Å². The third kappa shape index (κ3) is 6.40. The maximum absolute atomic E-state index is 6.40. The Morgan fingerprint density at radius 1 is 0.290 bits per heavy atom. The van der Waals surface area contributed by atoms with Crippen LogP contribution in [-0.4, -0.2) is 19.1 Å². The van der Waals surface area contributed by atoms with Gasteiger partial charge in [-0.05, 0) is 119 Å². The molecule has 5 heteroatoms. The van der Waals surface area contributed by atoms with E-state index in [9.17, 15) is 0 Å². The zero-order valence-corrected chi connectivity index (χ0v) is 37.3. The maximum atomic E-state index is 6.40. The van der Waals surface area contributed by atoms with E-state index in [0.29, 0.717) is 5.82 Å². The number of hydrogen-bond acceptors (Lipinski definition) is 3. The number of hydrogen-bond donors (Lipinski definition) is 0. The molecule has 4 heterocycles. The topological polar surface area (TPSA) is 48.8 Å². The number of fused-ring (bicyclic) bond motifs is 9. The van der Waals surface area contributed by atoms with Crippen LogP contribution < -0.4 is 0 Å². The summed E-state index contributed by atoms with van der Waals surface area (Å²) in [6.45, 7) is 0. The molecule has 0 aliphatic carbocycles. The standard InChI is InChI=1S/C64H40N4O/c1-4-17-41(18-5-1)64-65-55(40-56(66-64)51-26-16-30-62-63(51)52-25-12-15-29-61(52)69-62)46-36-44(42-31-33-59-53(38-42)49-23-10-13-27-57(49)67(59)47-19-6-2-7-20-47)35-45(37-46)43-32-34-60-54(39-43)50-24-11-14-28-58(50)68(60)48-21-8-3-9-22-48/h1-40H. The van der Waals surface area contributed by atoms with Crippen molar-refractivity contribution in [2.45, 2.75) is 0 Å². The van der Waals surface area contributed by atoms with Crippen LogP contribution in [0, 0.1) is 0 Å². The van der Waals surface area contributed by atoms with E-state index in [0.717, 1.165) is 94.7 Å². The number of furan rings is 1. The van der Waals surface area contributed by atoms with Crippen LogP contribution in [0.5, 0.6) is 0 Å². The highest BCUT2D eigenvalue weighted by Gasteiger charge is 2.20. The number of benzene rings is 10. The molecule has 0 unspecified atom stereocenters. The Morgan fingerprint density at radius 3 is 1.38 bits per heavy atom. The van der Waals surface area contributed by atoms with Crippen molar-refractivity contribution in [3.8, 4) is 67.5 Å². The molecule has 14 rings (SSSR count). The fraction of sp³-hybridized carbons (Fsp3) is 0. The Hall–Kier alpha value is -9.32. The van der Waals surface area contributed by atoms with E-state index in [-0.39, 0.29) is 0 Å². The van der Waals surface area contributed by atoms with Crippen molar-refractivity contribution < 1.29 is 4.42 Å². The van der Waals surface area contributed by atoms with E-state index in [4.69, 9.17) is 14.4 Å². The summed E-state index contributed by atoms with van der Waals surface area (Å²) >= 11 is 0. The molecule has 0 N–H and O–H groups in total. The van der Waals surface area contributed by atoms with Crippen molar-refractivity contribution in [2.75, 3.05) is 0 Å². The highest BCUT2D eigenvalue weighted by molar-refractivity contribution is 6.13. The minimum atomic E-state index is 0.658. The first kappa shape index (κ1) is 38.9. The number of aromatic nitrogens is 4. The van der Waals surface area contributed by atoms with Crippen LogP contribution in [0.15, 0.2) is 247 Å². The van der Waals surface area contributed by atoms with Gasteiger partial charge in [-0.2, -0.15) is 0 Å². The van der Waals surface area contributed by atoms with Crippen LogP contribution in [0.4, 0.5) is 0 Å². The van der Waals surface area contributed by atoms with Crippen LogP contribution in [0.25, 0.3) is 133 Å². The molecule has 322 valence electrons. The van der Waals surface area contributed by atoms with Crippen molar-refractivity contribution in [1.29, 1.82) is 0 Å². The zero-order valence-electron chi connectivity index (χ0n) is 37.3. The number of nitrogens with zero attached hydrogens (tertiary/aromatic N) is 4. The quantitative estimate of drug-likeness (QED) is 0.160. The van der Waals surface area contributed by atoms with Gasteiger partial charge in [0.2, 0.25) is 0 Å². The SMILES string of the molecule is c1ccc(-c2nc(-c3cc(-c4ccc5c(c4)c4ccccc4n5-c4ccccc4)cc(-c4ccc5c(c4)c4ccccc4n5-c4ccccc4)c3)cc(-c3cccc4oc5ccccc5c34)n2)cc1. The van der Waals surface area contributed by atoms with Gasteiger partial charge in [-0.25, -0.2) is 9.97 Å². The number of rotatable bonds is 7. The lowest BCUT2D eigenvalue weighted by Crippen LogP contribution is -1.97. The fourth-order valence-electron chi connectivity index (χ4n) is 10.6. The Kier molecular flexibility index (Phi) is 8.83. The van der Waals surface area contributed by atoms with Gasteiger partial charge in [0.05, 0.1) is 33.5 Å². The van der Waals surface area contributed by atoms with Gasteiger partial charge >= 0.3 is 0 Å². The molecule has 0 amide bonds. The van der Waals surface area contributed by atoms with Gasteiger partial charge in [0.15, 0.2) is 5.82 Å². The first-order valence-electron chi connectivity index (χ1n) is 23.4. The summed E-state index contributed by atoms with van der Waals surface area (Å²) in [5.41, 5.74) is 17.6. The van der Waals surface area contributed by atoms with Crippen molar-refractivity contribution in [1.82, 2.24) is 19.1 Å². The van der Waals surface area contributed by atoms with Crippen LogP contribution >= 0.6 is 0 Å². The maximum Gasteiger partial charge on any atom is 0.160 e. The minimum Gasteiger partial charge on any atom is -0.456 e. The second-order valence-electron chi connectivity index (χ2n) is 17.7. The third-order valence-corrected chi connectivity index (χ3v) is 13.7. The molecule has 5 nitrogen and oxygen atoms in total. The number of para-hydroxylation sites is 5. The molecule has 4 aromatic heterocycles. The van der Waals surface area contributed by atoms with E-state index in [2.05, 4.69) is 215 Å². The predicted octanol–water partition coefficient (Wildman–Crippen LogP) is 16.9. The summed E-state index contributed by atoms with van der Waals surface area (Å²) in [6.07, 6.45) is 0. The van der Waals surface area contributed by atoms with Crippen molar-refractivity contribution in [2.24, 2.45) is 0 Å². The van der Waals surface area contributed by atoms with E-state index >= 15 is 0 Å². The van der Waals surface area contributed by atoms with Crippen LogP contribution in [0.3, 0.4) is 0 Å². The van der Waals surface area contributed by atoms with Gasteiger partial charge in [-0.3, -0.25) is 0 Å². The van der Waals surface area contributed by atoms with Gasteiger partial charge in [-0.15, -0.1) is 0 Å². The molecule has 14 aromatic rings. The Morgan fingerprint density at radius 2 is 0.768 bits per heavy atom.